The van der Waals surface area contributed by atoms with E-state index in [0.717, 1.165) is 24.1 Å². The molecular formula is C25H20N4O4. The molecule has 2 aromatic carbocycles. The molecule has 1 saturated carbocycles. The first kappa shape index (κ1) is 19.5. The predicted molar refractivity (Wildman–Crippen MR) is 122 cm³/mol. The third-order valence-corrected chi connectivity index (χ3v) is 5.93. The number of nitrogens with zero attached hydrogens (tertiary/aromatic N) is 3. The minimum Gasteiger partial charge on any atom is -0.447 e. The zero-order chi connectivity index (χ0) is 22.4. The molecule has 0 radical (unpaired) electrons. The topological polar surface area (TPSA) is 97.6 Å². The van der Waals surface area contributed by atoms with Crippen molar-refractivity contribution in [1.29, 1.82) is 0 Å². The van der Waals surface area contributed by atoms with Gasteiger partial charge >= 0.3 is 6.09 Å². The molecule has 8 heteroatoms. The smallest absolute Gasteiger partial charge is 0.414 e. The Labute approximate surface area is 189 Å². The van der Waals surface area contributed by atoms with Gasteiger partial charge < -0.3 is 14.6 Å². The molecule has 3 heterocycles. The van der Waals surface area contributed by atoms with E-state index in [0.29, 0.717) is 52.8 Å². The van der Waals surface area contributed by atoms with Gasteiger partial charge in [0.1, 0.15) is 12.3 Å². The van der Waals surface area contributed by atoms with Crippen LogP contribution in [-0.2, 0) is 4.74 Å². The fourth-order valence-electron chi connectivity index (χ4n) is 4.11. The first-order valence-electron chi connectivity index (χ1n) is 10.9. The number of rotatable bonds is 5. The molecule has 0 spiro atoms. The fourth-order valence-corrected chi connectivity index (χ4v) is 4.11. The van der Waals surface area contributed by atoms with Gasteiger partial charge in [0.2, 0.25) is 0 Å². The lowest BCUT2D eigenvalue weighted by Gasteiger charge is -2.14. The molecule has 4 aromatic rings. The number of anilines is 2. The van der Waals surface area contributed by atoms with Crippen LogP contribution in [0.5, 0.6) is 0 Å². The van der Waals surface area contributed by atoms with Gasteiger partial charge in [0.05, 0.1) is 17.5 Å². The Morgan fingerprint density at radius 2 is 1.91 bits per heavy atom. The molecule has 164 valence electrons. The van der Waals surface area contributed by atoms with Gasteiger partial charge in [0, 0.05) is 28.6 Å². The zero-order valence-corrected chi connectivity index (χ0v) is 17.7. The maximum atomic E-state index is 13.5. The average Bonchev–Trinajstić information content (AvgIpc) is 3.47. The number of cyclic esters (lactones) is 1. The van der Waals surface area contributed by atoms with Gasteiger partial charge in [-0.05, 0) is 37.1 Å². The van der Waals surface area contributed by atoms with E-state index in [1.807, 2.05) is 42.5 Å². The Kier molecular flexibility index (Phi) is 4.57. The molecule has 2 fully saturated rings. The molecule has 8 nitrogen and oxygen atoms in total. The number of benzene rings is 2. The summed E-state index contributed by atoms with van der Waals surface area (Å²) in [7, 11) is 0. The van der Waals surface area contributed by atoms with Gasteiger partial charge in [0.25, 0.3) is 11.6 Å². The van der Waals surface area contributed by atoms with E-state index < -0.39 is 0 Å². The van der Waals surface area contributed by atoms with Crippen molar-refractivity contribution in [3.05, 3.63) is 71.9 Å². The number of carbonyl (C=O) groups is 2. The SMILES string of the molecule is O=C(Nc1cccc(N2CCOC2=O)c1)c1cc(C2CC2)nc2onc(-c3ccccc3)c12. The molecule has 1 N–H and O–H groups in total. The summed E-state index contributed by atoms with van der Waals surface area (Å²) in [6.45, 7) is 0.831. The zero-order valence-electron chi connectivity index (χ0n) is 17.7. The summed E-state index contributed by atoms with van der Waals surface area (Å²) in [5.74, 6) is 0.0570. The lowest BCUT2D eigenvalue weighted by Crippen LogP contribution is -2.23. The Bertz CT molecular complexity index is 1380. The van der Waals surface area contributed by atoms with Crippen molar-refractivity contribution in [3.63, 3.8) is 0 Å². The molecule has 33 heavy (non-hydrogen) atoms. The van der Waals surface area contributed by atoms with Crippen molar-refractivity contribution in [2.75, 3.05) is 23.4 Å². The van der Waals surface area contributed by atoms with Crippen LogP contribution in [0.4, 0.5) is 16.2 Å². The monoisotopic (exact) mass is 440 g/mol. The highest BCUT2D eigenvalue weighted by Gasteiger charge is 2.30. The number of nitrogens with one attached hydrogen (secondary N) is 1. The van der Waals surface area contributed by atoms with Crippen LogP contribution >= 0.6 is 0 Å². The van der Waals surface area contributed by atoms with Crippen molar-refractivity contribution >= 4 is 34.5 Å². The molecule has 0 bridgehead atoms. The number of aromatic nitrogens is 2. The number of hydrogen-bond acceptors (Lipinski definition) is 6. The van der Waals surface area contributed by atoms with E-state index in [9.17, 15) is 9.59 Å². The molecule has 0 atom stereocenters. The Balaban J connectivity index is 1.39. The Morgan fingerprint density at radius 1 is 1.06 bits per heavy atom. The number of amides is 2. The summed E-state index contributed by atoms with van der Waals surface area (Å²) < 4.78 is 10.6. The molecule has 1 aliphatic heterocycles. The number of hydrogen-bond donors (Lipinski definition) is 1. The van der Waals surface area contributed by atoms with E-state index in [4.69, 9.17) is 9.26 Å². The van der Waals surface area contributed by atoms with Gasteiger partial charge in [-0.3, -0.25) is 9.69 Å². The third kappa shape index (κ3) is 3.59. The first-order chi connectivity index (χ1) is 16.2. The molecule has 1 saturated heterocycles. The highest BCUT2D eigenvalue weighted by molar-refractivity contribution is 6.15. The van der Waals surface area contributed by atoms with Crippen molar-refractivity contribution in [3.8, 4) is 11.3 Å². The fraction of sp³-hybridized carbons (Fsp3) is 0.200. The van der Waals surface area contributed by atoms with Gasteiger partial charge in [-0.15, -0.1) is 0 Å². The summed E-state index contributed by atoms with van der Waals surface area (Å²) in [6.07, 6.45) is 1.71. The van der Waals surface area contributed by atoms with Gasteiger partial charge in [-0.25, -0.2) is 9.78 Å². The maximum Gasteiger partial charge on any atom is 0.414 e. The average molecular weight is 440 g/mol. The van der Waals surface area contributed by atoms with Crippen LogP contribution in [0.2, 0.25) is 0 Å². The number of fused-ring (bicyclic) bond motifs is 1. The van der Waals surface area contributed by atoms with E-state index >= 15 is 0 Å². The van der Waals surface area contributed by atoms with E-state index in [1.165, 1.54) is 0 Å². The van der Waals surface area contributed by atoms with E-state index in [1.54, 1.807) is 23.1 Å². The second kappa shape index (κ2) is 7.74. The second-order valence-electron chi connectivity index (χ2n) is 8.22. The van der Waals surface area contributed by atoms with E-state index in [-0.39, 0.29) is 12.0 Å². The molecule has 0 unspecified atom stereocenters. The van der Waals surface area contributed by atoms with Gasteiger partial charge in [0.15, 0.2) is 0 Å². The maximum absolute atomic E-state index is 13.5. The Hall–Kier alpha value is -4.20. The number of pyridine rings is 1. The number of carbonyl (C=O) groups excluding carboxylic acids is 2. The predicted octanol–water partition coefficient (Wildman–Crippen LogP) is 4.98. The van der Waals surface area contributed by atoms with Crippen molar-refractivity contribution in [1.82, 2.24) is 10.1 Å². The van der Waals surface area contributed by atoms with Gasteiger partial charge in [-0.2, -0.15) is 0 Å². The van der Waals surface area contributed by atoms with Crippen LogP contribution in [0.25, 0.3) is 22.4 Å². The number of ether oxygens (including phenoxy) is 1. The largest absolute Gasteiger partial charge is 0.447 e. The summed E-state index contributed by atoms with van der Waals surface area (Å²) in [5.41, 5.74) is 4.35. The highest BCUT2D eigenvalue weighted by atomic mass is 16.6. The molecule has 1 aliphatic carbocycles. The molecule has 6 rings (SSSR count). The molecule has 2 amide bonds. The lowest BCUT2D eigenvalue weighted by atomic mass is 10.0. The summed E-state index contributed by atoms with van der Waals surface area (Å²) in [4.78, 5) is 31.6. The van der Waals surface area contributed by atoms with Crippen LogP contribution in [0, 0.1) is 0 Å². The van der Waals surface area contributed by atoms with Crippen molar-refractivity contribution in [2.45, 2.75) is 18.8 Å². The Morgan fingerprint density at radius 3 is 2.67 bits per heavy atom. The lowest BCUT2D eigenvalue weighted by molar-refractivity contribution is 0.102. The van der Waals surface area contributed by atoms with Crippen LogP contribution in [-0.4, -0.2) is 35.3 Å². The van der Waals surface area contributed by atoms with Crippen molar-refractivity contribution in [2.24, 2.45) is 0 Å². The van der Waals surface area contributed by atoms with Crippen LogP contribution in [0.15, 0.2) is 65.2 Å². The normalized spacial score (nSPS) is 15.6. The van der Waals surface area contributed by atoms with Crippen molar-refractivity contribution < 1.29 is 18.8 Å². The highest BCUT2D eigenvalue weighted by Crippen LogP contribution is 2.41. The summed E-state index contributed by atoms with van der Waals surface area (Å²) >= 11 is 0. The first-order valence-corrected chi connectivity index (χ1v) is 10.9. The molecular weight excluding hydrogens is 420 g/mol. The minimum atomic E-state index is -0.389. The second-order valence-corrected chi connectivity index (χ2v) is 8.22. The molecule has 2 aromatic heterocycles. The molecule has 2 aliphatic rings. The summed E-state index contributed by atoms with van der Waals surface area (Å²) in [5, 5.41) is 7.79. The standard InChI is InChI=1S/C25H20N4O4/c30-23(26-17-7-4-8-18(13-17)29-11-12-32-25(29)31)19-14-20(15-9-10-15)27-24-21(19)22(28-33-24)16-5-2-1-3-6-16/h1-8,13-15H,9-12H2,(H,26,30). The van der Waals surface area contributed by atoms with E-state index in [2.05, 4.69) is 15.5 Å². The van der Waals surface area contributed by atoms with Crippen LogP contribution < -0.4 is 10.2 Å². The van der Waals surface area contributed by atoms with Crippen LogP contribution in [0.3, 0.4) is 0 Å². The third-order valence-electron chi connectivity index (χ3n) is 5.93. The van der Waals surface area contributed by atoms with Crippen LogP contribution in [0.1, 0.15) is 34.8 Å². The summed E-state index contributed by atoms with van der Waals surface area (Å²) in [6, 6.07) is 18.6. The van der Waals surface area contributed by atoms with Gasteiger partial charge in [-0.1, -0.05) is 41.6 Å². The quantitative estimate of drug-likeness (QED) is 0.470. The minimum absolute atomic E-state index is 0.286.